The summed E-state index contributed by atoms with van der Waals surface area (Å²) in [5, 5.41) is 6.80. The van der Waals surface area contributed by atoms with Crippen LogP contribution in [-0.4, -0.2) is 0 Å². The SMILES string of the molecule is C=C1C=C(C)NC(C(=C)NCc2ccc(-c3ccccc3)cc2)=C1C. The number of nitrogens with one attached hydrogen (secondary N) is 2. The third-order valence-corrected chi connectivity index (χ3v) is 4.44. The summed E-state index contributed by atoms with van der Waals surface area (Å²) in [4.78, 5) is 0. The molecule has 0 fully saturated rings. The Kier molecular flexibility index (Phi) is 4.90. The van der Waals surface area contributed by atoms with Gasteiger partial charge in [-0.3, -0.25) is 0 Å². The fourth-order valence-corrected chi connectivity index (χ4v) is 2.90. The lowest BCUT2D eigenvalue weighted by Gasteiger charge is -2.23. The van der Waals surface area contributed by atoms with Crippen LogP contribution in [0.3, 0.4) is 0 Å². The molecule has 0 saturated heterocycles. The predicted molar refractivity (Wildman–Crippen MR) is 107 cm³/mol. The second-order valence-corrected chi connectivity index (χ2v) is 6.37. The highest BCUT2D eigenvalue weighted by atomic mass is 15.0. The molecule has 1 heterocycles. The lowest BCUT2D eigenvalue weighted by atomic mass is 10.0. The monoisotopic (exact) mass is 328 g/mol. The van der Waals surface area contributed by atoms with E-state index in [1.807, 2.05) is 13.0 Å². The van der Waals surface area contributed by atoms with Crippen molar-refractivity contribution in [2.75, 3.05) is 0 Å². The lowest BCUT2D eigenvalue weighted by Crippen LogP contribution is -2.25. The van der Waals surface area contributed by atoms with Crippen LogP contribution >= 0.6 is 0 Å². The van der Waals surface area contributed by atoms with Crippen LogP contribution in [0.2, 0.25) is 0 Å². The highest BCUT2D eigenvalue weighted by Crippen LogP contribution is 2.23. The molecule has 3 rings (SSSR count). The number of allylic oxidation sites excluding steroid dienone is 4. The Morgan fingerprint density at radius 1 is 0.960 bits per heavy atom. The highest BCUT2D eigenvalue weighted by Gasteiger charge is 2.13. The van der Waals surface area contributed by atoms with Gasteiger partial charge in [0, 0.05) is 12.2 Å². The molecule has 1 aliphatic rings. The molecule has 0 radical (unpaired) electrons. The van der Waals surface area contributed by atoms with Gasteiger partial charge in [0.05, 0.1) is 11.4 Å². The summed E-state index contributed by atoms with van der Waals surface area (Å²) in [6.07, 6.45) is 2.05. The molecule has 0 spiro atoms. The van der Waals surface area contributed by atoms with E-state index in [0.717, 1.165) is 34.8 Å². The van der Waals surface area contributed by atoms with E-state index in [-0.39, 0.29) is 0 Å². The average Bonchev–Trinajstić information content (AvgIpc) is 2.64. The molecule has 2 aromatic rings. The van der Waals surface area contributed by atoms with Crippen LogP contribution in [0.5, 0.6) is 0 Å². The third-order valence-electron chi connectivity index (χ3n) is 4.44. The minimum absolute atomic E-state index is 0.738. The predicted octanol–water partition coefficient (Wildman–Crippen LogP) is 5.29. The van der Waals surface area contributed by atoms with Gasteiger partial charge in [0.25, 0.3) is 0 Å². The first-order valence-corrected chi connectivity index (χ1v) is 8.47. The number of rotatable bonds is 5. The van der Waals surface area contributed by atoms with Gasteiger partial charge in [0.2, 0.25) is 0 Å². The number of hydrogen-bond acceptors (Lipinski definition) is 2. The Balaban J connectivity index is 1.65. The molecule has 2 heteroatoms. The van der Waals surface area contributed by atoms with E-state index in [1.54, 1.807) is 0 Å². The summed E-state index contributed by atoms with van der Waals surface area (Å²) < 4.78 is 0. The molecule has 0 aliphatic carbocycles. The zero-order valence-electron chi connectivity index (χ0n) is 14.9. The van der Waals surface area contributed by atoms with E-state index >= 15 is 0 Å². The van der Waals surface area contributed by atoms with Crippen molar-refractivity contribution in [2.24, 2.45) is 0 Å². The van der Waals surface area contributed by atoms with Gasteiger partial charge in [0.1, 0.15) is 0 Å². The molecule has 0 aromatic heterocycles. The standard InChI is InChI=1S/C23H24N2/c1-16-14-17(2)25-23(18(16)3)19(4)24-15-20-10-12-22(13-11-20)21-8-6-5-7-9-21/h5-14,24-25H,1,4,15H2,2-3H3. The van der Waals surface area contributed by atoms with E-state index < -0.39 is 0 Å². The largest absolute Gasteiger partial charge is 0.380 e. The van der Waals surface area contributed by atoms with Crippen molar-refractivity contribution in [1.29, 1.82) is 0 Å². The fourth-order valence-electron chi connectivity index (χ4n) is 2.90. The minimum atomic E-state index is 0.738. The van der Waals surface area contributed by atoms with Gasteiger partial charge in [-0.15, -0.1) is 0 Å². The Labute approximate surface area is 150 Å². The Bertz CT molecular complexity index is 853. The normalized spacial score (nSPS) is 14.0. The molecular formula is C23H24N2. The Morgan fingerprint density at radius 2 is 1.60 bits per heavy atom. The molecule has 0 bridgehead atoms. The topological polar surface area (TPSA) is 24.1 Å². The first-order valence-electron chi connectivity index (χ1n) is 8.47. The van der Waals surface area contributed by atoms with Crippen LogP contribution in [0.4, 0.5) is 0 Å². The second-order valence-electron chi connectivity index (χ2n) is 6.37. The molecule has 25 heavy (non-hydrogen) atoms. The van der Waals surface area contributed by atoms with E-state index in [4.69, 9.17) is 0 Å². The molecule has 0 saturated carbocycles. The minimum Gasteiger partial charge on any atom is -0.380 e. The maximum atomic E-state index is 4.18. The molecule has 2 N–H and O–H groups in total. The quantitative estimate of drug-likeness (QED) is 0.779. The maximum Gasteiger partial charge on any atom is 0.0646 e. The molecule has 0 amide bonds. The fraction of sp³-hybridized carbons (Fsp3) is 0.130. The zero-order valence-corrected chi connectivity index (χ0v) is 14.9. The summed E-state index contributed by atoms with van der Waals surface area (Å²) in [5.74, 6) is 0. The van der Waals surface area contributed by atoms with Crippen LogP contribution in [-0.2, 0) is 6.54 Å². The second kappa shape index (κ2) is 7.27. The summed E-state index contributed by atoms with van der Waals surface area (Å²) >= 11 is 0. The summed E-state index contributed by atoms with van der Waals surface area (Å²) in [5.41, 5.74) is 8.84. The molecule has 2 nitrogen and oxygen atoms in total. The first-order chi connectivity index (χ1) is 12.0. The van der Waals surface area contributed by atoms with E-state index in [9.17, 15) is 0 Å². The van der Waals surface area contributed by atoms with Crippen LogP contribution in [0.1, 0.15) is 19.4 Å². The highest BCUT2D eigenvalue weighted by molar-refractivity contribution is 5.63. The van der Waals surface area contributed by atoms with Gasteiger partial charge < -0.3 is 10.6 Å². The number of hydrogen-bond donors (Lipinski definition) is 2. The zero-order chi connectivity index (χ0) is 17.8. The first kappa shape index (κ1) is 16.8. The molecule has 0 unspecified atom stereocenters. The van der Waals surface area contributed by atoms with E-state index in [2.05, 4.69) is 85.3 Å². The lowest BCUT2D eigenvalue weighted by molar-refractivity contribution is 0.785. The summed E-state index contributed by atoms with van der Waals surface area (Å²) in [6, 6.07) is 19.0. The van der Waals surface area contributed by atoms with Crippen LogP contribution < -0.4 is 10.6 Å². The molecule has 2 aromatic carbocycles. The van der Waals surface area contributed by atoms with Gasteiger partial charge in [-0.2, -0.15) is 0 Å². The number of benzene rings is 2. The van der Waals surface area contributed by atoms with Gasteiger partial charge in [-0.1, -0.05) is 67.8 Å². The molecule has 1 aliphatic heterocycles. The molecule has 0 atom stereocenters. The number of dihydropyridines is 1. The van der Waals surface area contributed by atoms with Gasteiger partial charge in [0.15, 0.2) is 0 Å². The van der Waals surface area contributed by atoms with Gasteiger partial charge in [-0.05, 0) is 47.8 Å². The van der Waals surface area contributed by atoms with Gasteiger partial charge in [-0.25, -0.2) is 0 Å². The summed E-state index contributed by atoms with van der Waals surface area (Å²) in [6.45, 7) is 13.1. The third kappa shape index (κ3) is 3.92. The van der Waals surface area contributed by atoms with Crippen molar-refractivity contribution in [3.63, 3.8) is 0 Å². The molecule has 126 valence electrons. The van der Waals surface area contributed by atoms with E-state index in [1.165, 1.54) is 16.7 Å². The smallest absolute Gasteiger partial charge is 0.0646 e. The molecular weight excluding hydrogens is 304 g/mol. The van der Waals surface area contributed by atoms with Gasteiger partial charge >= 0.3 is 0 Å². The van der Waals surface area contributed by atoms with Crippen molar-refractivity contribution in [1.82, 2.24) is 10.6 Å². The van der Waals surface area contributed by atoms with Crippen molar-refractivity contribution < 1.29 is 0 Å². The Morgan fingerprint density at radius 3 is 2.28 bits per heavy atom. The Hall–Kier alpha value is -3.00. The summed E-state index contributed by atoms with van der Waals surface area (Å²) in [7, 11) is 0. The van der Waals surface area contributed by atoms with Crippen molar-refractivity contribution in [3.05, 3.63) is 108 Å². The van der Waals surface area contributed by atoms with Crippen LogP contribution in [0, 0.1) is 0 Å². The van der Waals surface area contributed by atoms with Crippen molar-refractivity contribution in [3.8, 4) is 11.1 Å². The van der Waals surface area contributed by atoms with Crippen LogP contribution in [0.25, 0.3) is 11.1 Å². The maximum absolute atomic E-state index is 4.18. The van der Waals surface area contributed by atoms with Crippen molar-refractivity contribution >= 4 is 0 Å². The van der Waals surface area contributed by atoms with Crippen molar-refractivity contribution in [2.45, 2.75) is 20.4 Å². The van der Waals surface area contributed by atoms with Crippen LogP contribution in [0.15, 0.2) is 102 Å². The average molecular weight is 328 g/mol. The van der Waals surface area contributed by atoms with E-state index in [0.29, 0.717) is 0 Å².